The van der Waals surface area contributed by atoms with E-state index in [1.165, 1.54) is 29.7 Å². The molecule has 0 unspecified atom stereocenters. The van der Waals surface area contributed by atoms with Gasteiger partial charge in [0.2, 0.25) is 0 Å². The van der Waals surface area contributed by atoms with Crippen molar-refractivity contribution in [2.75, 3.05) is 6.54 Å². The summed E-state index contributed by atoms with van der Waals surface area (Å²) in [6.45, 7) is 0.648. The van der Waals surface area contributed by atoms with Gasteiger partial charge in [-0.05, 0) is 37.4 Å². The summed E-state index contributed by atoms with van der Waals surface area (Å²) in [4.78, 5) is 2.83. The van der Waals surface area contributed by atoms with Crippen molar-refractivity contribution >= 4 is 22.7 Å². The van der Waals surface area contributed by atoms with Crippen LogP contribution in [-0.4, -0.2) is 16.7 Å². The standard InChI is InChI=1S/C11H13N3S2/c12-5-4-10-13-14-11(16-10)9-6-7-2-1-3-8(7)15-9/h6H,1-5,12H2. The summed E-state index contributed by atoms with van der Waals surface area (Å²) >= 11 is 3.56. The van der Waals surface area contributed by atoms with Crippen LogP contribution in [0.15, 0.2) is 6.07 Å². The minimum Gasteiger partial charge on any atom is -0.330 e. The molecular formula is C11H13N3S2. The number of fused-ring (bicyclic) bond motifs is 1. The van der Waals surface area contributed by atoms with Gasteiger partial charge in [-0.15, -0.1) is 21.5 Å². The Morgan fingerprint density at radius 3 is 3.00 bits per heavy atom. The first-order chi connectivity index (χ1) is 7.86. The lowest BCUT2D eigenvalue weighted by Gasteiger charge is -1.88. The summed E-state index contributed by atoms with van der Waals surface area (Å²) in [5.74, 6) is 0. The maximum Gasteiger partial charge on any atom is 0.157 e. The molecule has 0 aromatic carbocycles. The second-order valence-electron chi connectivity index (χ2n) is 3.95. The molecule has 1 aliphatic rings. The molecule has 0 radical (unpaired) electrons. The fraction of sp³-hybridized carbons (Fsp3) is 0.455. The average molecular weight is 251 g/mol. The van der Waals surface area contributed by atoms with Crippen LogP contribution in [0.4, 0.5) is 0 Å². The minimum atomic E-state index is 0.648. The van der Waals surface area contributed by atoms with Gasteiger partial charge < -0.3 is 5.73 Å². The highest BCUT2D eigenvalue weighted by atomic mass is 32.1. The normalized spacial score (nSPS) is 14.3. The van der Waals surface area contributed by atoms with Gasteiger partial charge in [-0.3, -0.25) is 0 Å². The van der Waals surface area contributed by atoms with Crippen LogP contribution < -0.4 is 5.73 Å². The van der Waals surface area contributed by atoms with Gasteiger partial charge >= 0.3 is 0 Å². The van der Waals surface area contributed by atoms with Crippen LogP contribution in [0.1, 0.15) is 21.9 Å². The first kappa shape index (κ1) is 10.4. The Morgan fingerprint density at radius 2 is 2.19 bits per heavy atom. The topological polar surface area (TPSA) is 51.8 Å². The molecule has 2 heterocycles. The van der Waals surface area contributed by atoms with E-state index >= 15 is 0 Å². The van der Waals surface area contributed by atoms with Crippen molar-refractivity contribution < 1.29 is 0 Å². The van der Waals surface area contributed by atoms with Gasteiger partial charge in [0, 0.05) is 11.3 Å². The van der Waals surface area contributed by atoms with Gasteiger partial charge in [0.15, 0.2) is 5.01 Å². The molecule has 84 valence electrons. The van der Waals surface area contributed by atoms with E-state index in [1.54, 1.807) is 16.2 Å². The highest BCUT2D eigenvalue weighted by Gasteiger charge is 2.17. The van der Waals surface area contributed by atoms with Crippen LogP contribution in [0, 0.1) is 0 Å². The predicted octanol–water partition coefficient (Wildman–Crippen LogP) is 2.26. The molecule has 2 N–H and O–H groups in total. The van der Waals surface area contributed by atoms with Crippen LogP contribution in [-0.2, 0) is 19.3 Å². The number of nitrogens with zero attached hydrogens (tertiary/aromatic N) is 2. The lowest BCUT2D eigenvalue weighted by molar-refractivity contribution is 0.912. The Balaban J connectivity index is 1.89. The molecule has 0 saturated heterocycles. The van der Waals surface area contributed by atoms with E-state index < -0.39 is 0 Å². The van der Waals surface area contributed by atoms with Crippen LogP contribution in [0.3, 0.4) is 0 Å². The number of rotatable bonds is 3. The second-order valence-corrected chi connectivity index (χ2v) is 6.15. The molecule has 0 amide bonds. The number of hydrogen-bond acceptors (Lipinski definition) is 5. The number of nitrogens with two attached hydrogens (primary N) is 1. The van der Waals surface area contributed by atoms with E-state index in [4.69, 9.17) is 5.73 Å². The molecule has 0 spiro atoms. The maximum absolute atomic E-state index is 5.51. The van der Waals surface area contributed by atoms with E-state index in [2.05, 4.69) is 16.3 Å². The molecule has 3 rings (SSSR count). The first-order valence-corrected chi connectivity index (χ1v) is 7.14. The quantitative estimate of drug-likeness (QED) is 0.910. The average Bonchev–Trinajstić information content (AvgIpc) is 2.88. The Labute approximate surface area is 102 Å². The minimum absolute atomic E-state index is 0.648. The monoisotopic (exact) mass is 251 g/mol. The van der Waals surface area contributed by atoms with Crippen molar-refractivity contribution in [1.29, 1.82) is 0 Å². The zero-order chi connectivity index (χ0) is 11.0. The third-order valence-corrected chi connectivity index (χ3v) is 5.17. The molecule has 0 bridgehead atoms. The van der Waals surface area contributed by atoms with Crippen molar-refractivity contribution in [2.24, 2.45) is 5.73 Å². The van der Waals surface area contributed by atoms with Crippen molar-refractivity contribution in [3.05, 3.63) is 21.5 Å². The third-order valence-electron chi connectivity index (χ3n) is 2.78. The molecule has 5 heteroatoms. The highest BCUT2D eigenvalue weighted by molar-refractivity contribution is 7.21. The molecule has 1 aliphatic carbocycles. The zero-order valence-corrected chi connectivity index (χ0v) is 10.5. The Hall–Kier alpha value is -0.780. The highest BCUT2D eigenvalue weighted by Crippen LogP contribution is 2.37. The van der Waals surface area contributed by atoms with Crippen LogP contribution in [0.25, 0.3) is 9.88 Å². The molecule has 2 aromatic rings. The van der Waals surface area contributed by atoms with Crippen molar-refractivity contribution in [3.8, 4) is 9.88 Å². The summed E-state index contributed by atoms with van der Waals surface area (Å²) in [5.41, 5.74) is 7.03. The number of aryl methyl sites for hydroxylation is 2. The molecule has 0 atom stereocenters. The van der Waals surface area contributed by atoms with Gasteiger partial charge in [0.25, 0.3) is 0 Å². The van der Waals surface area contributed by atoms with Gasteiger partial charge in [-0.1, -0.05) is 11.3 Å². The summed E-state index contributed by atoms with van der Waals surface area (Å²) < 4.78 is 0. The van der Waals surface area contributed by atoms with E-state index in [1.807, 2.05) is 11.3 Å². The fourth-order valence-corrected chi connectivity index (χ4v) is 4.16. The van der Waals surface area contributed by atoms with Gasteiger partial charge in [0.05, 0.1) is 4.88 Å². The van der Waals surface area contributed by atoms with Crippen molar-refractivity contribution in [2.45, 2.75) is 25.7 Å². The Bertz CT molecular complexity index is 480. The Morgan fingerprint density at radius 1 is 1.25 bits per heavy atom. The van der Waals surface area contributed by atoms with E-state index in [0.29, 0.717) is 6.54 Å². The lowest BCUT2D eigenvalue weighted by Crippen LogP contribution is -2.01. The van der Waals surface area contributed by atoms with E-state index in [0.717, 1.165) is 16.4 Å². The first-order valence-electron chi connectivity index (χ1n) is 5.51. The molecule has 2 aromatic heterocycles. The molecule has 0 fully saturated rings. The largest absolute Gasteiger partial charge is 0.330 e. The van der Waals surface area contributed by atoms with E-state index in [-0.39, 0.29) is 0 Å². The van der Waals surface area contributed by atoms with Crippen molar-refractivity contribution in [3.63, 3.8) is 0 Å². The zero-order valence-electron chi connectivity index (χ0n) is 8.90. The third kappa shape index (κ3) is 1.79. The fourth-order valence-electron chi connectivity index (χ4n) is 2.01. The van der Waals surface area contributed by atoms with E-state index in [9.17, 15) is 0 Å². The number of aromatic nitrogens is 2. The molecule has 0 aliphatic heterocycles. The smallest absolute Gasteiger partial charge is 0.157 e. The SMILES string of the molecule is NCCc1nnc(-c2cc3c(s2)CCC3)s1. The van der Waals surface area contributed by atoms with Crippen LogP contribution in [0.5, 0.6) is 0 Å². The Kier molecular flexibility index (Phi) is 2.75. The summed E-state index contributed by atoms with van der Waals surface area (Å²) in [5, 5.41) is 10.5. The van der Waals surface area contributed by atoms with Gasteiger partial charge in [-0.25, -0.2) is 0 Å². The summed E-state index contributed by atoms with van der Waals surface area (Å²) in [7, 11) is 0. The lowest BCUT2D eigenvalue weighted by atomic mass is 10.2. The summed E-state index contributed by atoms with van der Waals surface area (Å²) in [6.07, 6.45) is 4.63. The van der Waals surface area contributed by atoms with Gasteiger partial charge in [-0.2, -0.15) is 0 Å². The number of thiophene rings is 1. The van der Waals surface area contributed by atoms with Crippen LogP contribution in [0.2, 0.25) is 0 Å². The van der Waals surface area contributed by atoms with Crippen molar-refractivity contribution in [1.82, 2.24) is 10.2 Å². The van der Waals surface area contributed by atoms with Crippen LogP contribution >= 0.6 is 22.7 Å². The molecule has 16 heavy (non-hydrogen) atoms. The predicted molar refractivity (Wildman–Crippen MR) is 68.0 cm³/mol. The molecule has 3 nitrogen and oxygen atoms in total. The second kappa shape index (κ2) is 4.24. The summed E-state index contributed by atoms with van der Waals surface area (Å²) in [6, 6.07) is 2.29. The molecular weight excluding hydrogens is 238 g/mol. The van der Waals surface area contributed by atoms with Gasteiger partial charge in [0.1, 0.15) is 5.01 Å². The maximum atomic E-state index is 5.51. The molecule has 0 saturated carbocycles. The number of hydrogen-bond donors (Lipinski definition) is 1.